The Hall–Kier alpha value is -0.300. The van der Waals surface area contributed by atoms with Crippen LogP contribution in [0.1, 0.15) is 0 Å². The second kappa shape index (κ2) is 2.63. The summed E-state index contributed by atoms with van der Waals surface area (Å²) in [7, 11) is 0. The van der Waals surface area contributed by atoms with Crippen LogP contribution in [-0.2, 0) is 4.74 Å². The largest absolute Gasteiger partial charge is 0.394 e. The molecule has 3 atom stereocenters. The Morgan fingerprint density at radius 3 is 2.09 bits per heavy atom. The average Bonchev–Trinajstić information content (AvgIpc) is 2.14. The van der Waals surface area contributed by atoms with Crippen LogP contribution in [0.5, 0.6) is 0 Å². The Morgan fingerprint density at radius 2 is 1.91 bits per heavy atom. The SMILES string of the molecule is OC[C@H]1OC(O)C(F)(F)[C@H]1O. The molecule has 0 aromatic carbocycles. The number of hydrogen-bond acceptors (Lipinski definition) is 4. The van der Waals surface area contributed by atoms with Gasteiger partial charge in [-0.2, -0.15) is 8.78 Å². The summed E-state index contributed by atoms with van der Waals surface area (Å²) in [6.07, 6.45) is -5.86. The van der Waals surface area contributed by atoms with Crippen molar-refractivity contribution < 1.29 is 28.8 Å². The first-order valence-electron chi connectivity index (χ1n) is 3.00. The summed E-state index contributed by atoms with van der Waals surface area (Å²) < 4.78 is 29.0. The molecule has 1 saturated heterocycles. The van der Waals surface area contributed by atoms with Gasteiger partial charge in [-0.15, -0.1) is 0 Å². The minimum atomic E-state index is -3.69. The maximum absolute atomic E-state index is 12.4. The molecule has 0 aromatic rings. The van der Waals surface area contributed by atoms with Crippen LogP contribution >= 0.6 is 0 Å². The van der Waals surface area contributed by atoms with Gasteiger partial charge in [-0.05, 0) is 0 Å². The zero-order valence-electron chi connectivity index (χ0n) is 5.44. The van der Waals surface area contributed by atoms with E-state index in [2.05, 4.69) is 4.74 Å². The molecule has 1 aliphatic rings. The first-order valence-corrected chi connectivity index (χ1v) is 3.00. The monoisotopic (exact) mass is 170 g/mol. The molecule has 1 aliphatic heterocycles. The van der Waals surface area contributed by atoms with Gasteiger partial charge in [0.1, 0.15) is 6.10 Å². The number of aliphatic hydroxyl groups is 3. The summed E-state index contributed by atoms with van der Waals surface area (Å²) in [4.78, 5) is 0. The van der Waals surface area contributed by atoms with Crippen LogP contribution in [0.3, 0.4) is 0 Å². The quantitative estimate of drug-likeness (QED) is 0.457. The lowest BCUT2D eigenvalue weighted by Gasteiger charge is -2.14. The van der Waals surface area contributed by atoms with Gasteiger partial charge >= 0.3 is 5.92 Å². The molecule has 0 spiro atoms. The van der Waals surface area contributed by atoms with Gasteiger partial charge in [0.2, 0.25) is 6.29 Å². The van der Waals surface area contributed by atoms with Crippen molar-refractivity contribution in [2.24, 2.45) is 0 Å². The minimum absolute atomic E-state index is 0.742. The van der Waals surface area contributed by atoms with E-state index in [1.54, 1.807) is 0 Å². The molecule has 0 aromatic heterocycles. The second-order valence-corrected chi connectivity index (χ2v) is 2.33. The fourth-order valence-electron chi connectivity index (χ4n) is 0.868. The van der Waals surface area contributed by atoms with E-state index in [0.29, 0.717) is 0 Å². The van der Waals surface area contributed by atoms with E-state index in [0.717, 1.165) is 0 Å². The van der Waals surface area contributed by atoms with E-state index < -0.39 is 31.0 Å². The molecule has 0 bridgehead atoms. The van der Waals surface area contributed by atoms with Gasteiger partial charge in [-0.3, -0.25) is 0 Å². The predicted octanol–water partition coefficient (Wildman–Crippen LogP) is -1.31. The third-order valence-corrected chi connectivity index (χ3v) is 1.56. The van der Waals surface area contributed by atoms with Crippen LogP contribution < -0.4 is 0 Å². The van der Waals surface area contributed by atoms with Crippen molar-refractivity contribution in [1.29, 1.82) is 0 Å². The Labute approximate surface area is 61.0 Å². The van der Waals surface area contributed by atoms with Crippen molar-refractivity contribution in [3.63, 3.8) is 0 Å². The number of aliphatic hydroxyl groups excluding tert-OH is 3. The number of rotatable bonds is 1. The summed E-state index contributed by atoms with van der Waals surface area (Å²) in [5, 5.41) is 25.5. The molecule has 1 fully saturated rings. The Bertz CT molecular complexity index is 151. The topological polar surface area (TPSA) is 69.9 Å². The van der Waals surface area contributed by atoms with Gasteiger partial charge < -0.3 is 20.1 Å². The van der Waals surface area contributed by atoms with Crippen LogP contribution in [-0.4, -0.2) is 46.3 Å². The van der Waals surface area contributed by atoms with Crippen LogP contribution in [0.15, 0.2) is 0 Å². The highest BCUT2D eigenvalue weighted by molar-refractivity contribution is 4.92. The molecule has 66 valence electrons. The first kappa shape index (κ1) is 8.79. The molecule has 1 heterocycles. The summed E-state index contributed by atoms with van der Waals surface area (Å²) in [5.41, 5.74) is 0. The summed E-state index contributed by atoms with van der Waals surface area (Å²) in [5.74, 6) is -3.69. The lowest BCUT2D eigenvalue weighted by atomic mass is 10.1. The standard InChI is InChI=1S/C5H8F2O4/c6-5(7)3(9)2(1-8)11-4(5)10/h2-4,8-10H,1H2/t2-,3+,4?/m1/s1. The summed E-state index contributed by atoms with van der Waals surface area (Å²) in [6, 6.07) is 0. The molecule has 11 heavy (non-hydrogen) atoms. The summed E-state index contributed by atoms with van der Waals surface area (Å²) in [6.45, 7) is -0.742. The Balaban J connectivity index is 2.71. The van der Waals surface area contributed by atoms with Crippen molar-refractivity contribution in [3.05, 3.63) is 0 Å². The zero-order valence-corrected chi connectivity index (χ0v) is 5.44. The van der Waals surface area contributed by atoms with Gasteiger partial charge in [0.25, 0.3) is 0 Å². The lowest BCUT2D eigenvalue weighted by molar-refractivity contribution is -0.198. The van der Waals surface area contributed by atoms with E-state index in [1.165, 1.54) is 0 Å². The Morgan fingerprint density at radius 1 is 1.36 bits per heavy atom. The Kier molecular flexibility index (Phi) is 2.10. The molecule has 0 saturated carbocycles. The maximum atomic E-state index is 12.4. The first-order chi connectivity index (χ1) is 5.00. The summed E-state index contributed by atoms with van der Waals surface area (Å²) >= 11 is 0. The fourth-order valence-corrected chi connectivity index (χ4v) is 0.868. The highest BCUT2D eigenvalue weighted by Gasteiger charge is 2.57. The zero-order chi connectivity index (χ0) is 8.65. The molecule has 3 N–H and O–H groups in total. The van der Waals surface area contributed by atoms with E-state index >= 15 is 0 Å². The van der Waals surface area contributed by atoms with E-state index in [1.807, 2.05) is 0 Å². The number of ether oxygens (including phenoxy) is 1. The van der Waals surface area contributed by atoms with Crippen LogP contribution in [0.25, 0.3) is 0 Å². The molecule has 6 heteroatoms. The van der Waals surface area contributed by atoms with Crippen LogP contribution in [0.2, 0.25) is 0 Å². The minimum Gasteiger partial charge on any atom is -0.394 e. The number of hydrogen-bond donors (Lipinski definition) is 3. The van der Waals surface area contributed by atoms with Gasteiger partial charge in [0.15, 0.2) is 6.10 Å². The van der Waals surface area contributed by atoms with E-state index in [4.69, 9.17) is 15.3 Å². The van der Waals surface area contributed by atoms with Crippen molar-refractivity contribution >= 4 is 0 Å². The fraction of sp³-hybridized carbons (Fsp3) is 1.00. The van der Waals surface area contributed by atoms with Gasteiger partial charge in [0.05, 0.1) is 6.61 Å². The molecule has 4 nitrogen and oxygen atoms in total. The highest BCUT2D eigenvalue weighted by atomic mass is 19.3. The normalized spacial score (nSPS) is 42.8. The molecular formula is C5H8F2O4. The van der Waals surface area contributed by atoms with Crippen molar-refractivity contribution in [2.75, 3.05) is 6.61 Å². The second-order valence-electron chi connectivity index (χ2n) is 2.33. The number of alkyl halides is 2. The van der Waals surface area contributed by atoms with Crippen LogP contribution in [0, 0.1) is 0 Å². The van der Waals surface area contributed by atoms with Gasteiger partial charge in [0, 0.05) is 0 Å². The maximum Gasteiger partial charge on any atom is 0.325 e. The molecular weight excluding hydrogens is 162 g/mol. The van der Waals surface area contributed by atoms with E-state index in [-0.39, 0.29) is 0 Å². The van der Waals surface area contributed by atoms with E-state index in [9.17, 15) is 8.78 Å². The molecule has 0 aliphatic carbocycles. The molecule has 1 rings (SSSR count). The van der Waals surface area contributed by atoms with Crippen molar-refractivity contribution in [2.45, 2.75) is 24.4 Å². The number of halogens is 2. The lowest BCUT2D eigenvalue weighted by Crippen LogP contribution is -2.40. The van der Waals surface area contributed by atoms with Gasteiger partial charge in [-0.1, -0.05) is 0 Å². The molecule has 1 unspecified atom stereocenters. The average molecular weight is 170 g/mol. The third-order valence-electron chi connectivity index (χ3n) is 1.56. The molecule has 0 amide bonds. The van der Waals surface area contributed by atoms with Gasteiger partial charge in [-0.25, -0.2) is 0 Å². The third kappa shape index (κ3) is 1.22. The molecule has 0 radical (unpaired) electrons. The van der Waals surface area contributed by atoms with Crippen LogP contribution in [0.4, 0.5) is 8.78 Å². The smallest absolute Gasteiger partial charge is 0.325 e. The predicted molar refractivity (Wildman–Crippen MR) is 28.9 cm³/mol. The highest BCUT2D eigenvalue weighted by Crippen LogP contribution is 2.34. The van der Waals surface area contributed by atoms with Crippen molar-refractivity contribution in [3.8, 4) is 0 Å². The van der Waals surface area contributed by atoms with Crippen molar-refractivity contribution in [1.82, 2.24) is 0 Å².